The minimum Gasteiger partial charge on any atom is -0.507 e. The predicted molar refractivity (Wildman–Crippen MR) is 183 cm³/mol. The standard InChI is InChI=1S/C35H40O23/c36-8-20-25(45)26(46)27(47)32(55-20)57-29-21(9-51-23(44)7-22(42)43)56-33(30(28(29)48)58-34-31(49)35(50,10-37)11-52-34)53-13-4-16(40)24-17(41)6-18(54-19(24)5-13)12-1-2-14(38)15(39)3-12/h1-6,20-21,25-34,36-40,45-50H,7-11H2,(H,42,43)/t20?,21?,25-,26+,27?,28+,29-,30?,31-,32+,33-,34+,35?/m1/s1. The van der Waals surface area contributed by atoms with Crippen molar-refractivity contribution in [2.24, 2.45) is 0 Å². The molecule has 4 heterocycles. The molecule has 12 N–H and O–H groups in total. The van der Waals surface area contributed by atoms with E-state index in [1.54, 1.807) is 0 Å². The highest BCUT2D eigenvalue weighted by atomic mass is 16.8. The van der Waals surface area contributed by atoms with Crippen molar-refractivity contribution in [1.29, 1.82) is 0 Å². The Labute approximate surface area is 324 Å². The van der Waals surface area contributed by atoms with Crippen LogP contribution in [0.5, 0.6) is 23.0 Å². The second-order valence-corrected chi connectivity index (χ2v) is 13.7. The highest BCUT2D eigenvalue weighted by molar-refractivity contribution is 5.90. The highest BCUT2D eigenvalue weighted by Gasteiger charge is 2.56. The average Bonchev–Trinajstić information content (AvgIpc) is 3.46. The monoisotopic (exact) mass is 828 g/mol. The molecule has 58 heavy (non-hydrogen) atoms. The molecule has 318 valence electrons. The number of hydrogen-bond donors (Lipinski definition) is 12. The van der Waals surface area contributed by atoms with E-state index in [9.17, 15) is 70.6 Å². The smallest absolute Gasteiger partial charge is 0.317 e. The SMILES string of the molecule is O=C(O)CC(=O)OCC1O[C@@H](Oc2cc(O)c3c(=O)cc(-c4ccc(O)c(O)c4)oc3c2)C(O[C@@H]2OCC(O)(CO)[C@@H]2O)[C@@H](O)[C@@H]1O[C@@H]1OC(CO)[C@@H](O)[C@H](O)C1O. The Morgan fingerprint density at radius 3 is 2.16 bits per heavy atom. The summed E-state index contributed by atoms with van der Waals surface area (Å²) in [6.45, 7) is -3.46. The van der Waals surface area contributed by atoms with Crippen LogP contribution in [0, 0.1) is 0 Å². The summed E-state index contributed by atoms with van der Waals surface area (Å²) in [5.41, 5.74) is -3.17. The van der Waals surface area contributed by atoms with Gasteiger partial charge >= 0.3 is 11.9 Å². The molecule has 0 bridgehead atoms. The number of benzene rings is 2. The predicted octanol–water partition coefficient (Wildman–Crippen LogP) is -3.93. The third-order valence-corrected chi connectivity index (χ3v) is 9.63. The molecule has 0 amide bonds. The molecular weight excluding hydrogens is 788 g/mol. The van der Waals surface area contributed by atoms with Crippen LogP contribution in [0.2, 0.25) is 0 Å². The third-order valence-electron chi connectivity index (χ3n) is 9.63. The first kappa shape index (κ1) is 42.9. The van der Waals surface area contributed by atoms with Crippen molar-refractivity contribution in [2.75, 3.05) is 26.4 Å². The van der Waals surface area contributed by atoms with Gasteiger partial charge in [-0.15, -0.1) is 0 Å². The van der Waals surface area contributed by atoms with Crippen molar-refractivity contribution in [3.8, 4) is 34.3 Å². The van der Waals surface area contributed by atoms with Gasteiger partial charge in [0, 0.05) is 23.8 Å². The fourth-order valence-electron chi connectivity index (χ4n) is 6.45. The fraction of sp³-hybridized carbons (Fsp3) is 0.514. The molecule has 13 atom stereocenters. The van der Waals surface area contributed by atoms with Gasteiger partial charge in [0.15, 0.2) is 35.6 Å². The van der Waals surface area contributed by atoms with Crippen LogP contribution in [0.1, 0.15) is 6.42 Å². The first-order valence-corrected chi connectivity index (χ1v) is 17.4. The number of esters is 1. The van der Waals surface area contributed by atoms with E-state index >= 15 is 0 Å². The molecule has 2 aromatic carbocycles. The average molecular weight is 829 g/mol. The molecule has 3 aliphatic rings. The van der Waals surface area contributed by atoms with Crippen molar-refractivity contribution >= 4 is 22.9 Å². The molecule has 3 aliphatic heterocycles. The van der Waals surface area contributed by atoms with Gasteiger partial charge in [-0.25, -0.2) is 0 Å². The first-order valence-electron chi connectivity index (χ1n) is 17.4. The minimum atomic E-state index is -2.25. The number of aliphatic carboxylic acids is 1. The molecule has 3 aromatic rings. The van der Waals surface area contributed by atoms with Gasteiger partial charge in [-0.2, -0.15) is 0 Å². The molecule has 1 aromatic heterocycles. The Morgan fingerprint density at radius 2 is 1.50 bits per heavy atom. The van der Waals surface area contributed by atoms with E-state index in [0.29, 0.717) is 0 Å². The molecule has 3 fully saturated rings. The normalized spacial score (nSPS) is 33.9. The molecule has 23 heteroatoms. The Balaban J connectivity index is 1.38. The van der Waals surface area contributed by atoms with Gasteiger partial charge in [-0.3, -0.25) is 14.4 Å². The summed E-state index contributed by atoms with van der Waals surface area (Å²) < 4.78 is 45.2. The lowest BCUT2D eigenvalue weighted by molar-refractivity contribution is -0.364. The van der Waals surface area contributed by atoms with Crippen LogP contribution in [0.15, 0.2) is 45.6 Å². The zero-order valence-electron chi connectivity index (χ0n) is 29.8. The number of carbonyl (C=O) groups excluding carboxylic acids is 1. The number of phenolic OH excluding ortho intramolecular Hbond substituents is 3. The summed E-state index contributed by atoms with van der Waals surface area (Å²) in [6, 6.07) is 6.59. The zero-order chi connectivity index (χ0) is 42.2. The molecule has 23 nitrogen and oxygen atoms in total. The highest BCUT2D eigenvalue weighted by Crippen LogP contribution is 2.38. The fourth-order valence-corrected chi connectivity index (χ4v) is 6.45. The number of hydrogen-bond acceptors (Lipinski definition) is 22. The lowest BCUT2D eigenvalue weighted by Gasteiger charge is -2.47. The number of aliphatic hydroxyl groups is 8. The topological polar surface area (TPSA) is 372 Å². The van der Waals surface area contributed by atoms with Crippen molar-refractivity contribution < 1.29 is 108 Å². The van der Waals surface area contributed by atoms with Crippen LogP contribution in [0.25, 0.3) is 22.3 Å². The molecule has 3 saturated heterocycles. The van der Waals surface area contributed by atoms with Crippen LogP contribution < -0.4 is 10.2 Å². The summed E-state index contributed by atoms with van der Waals surface area (Å²) in [6.07, 6.45) is -23.8. The summed E-state index contributed by atoms with van der Waals surface area (Å²) in [5, 5.41) is 123. The van der Waals surface area contributed by atoms with Crippen LogP contribution >= 0.6 is 0 Å². The molecule has 0 saturated carbocycles. The largest absolute Gasteiger partial charge is 0.507 e. The number of carboxylic acid groups (broad SMARTS) is 1. The maximum Gasteiger partial charge on any atom is 0.317 e. The van der Waals surface area contributed by atoms with Crippen molar-refractivity contribution in [1.82, 2.24) is 0 Å². The van der Waals surface area contributed by atoms with Gasteiger partial charge in [-0.1, -0.05) is 0 Å². The van der Waals surface area contributed by atoms with Crippen LogP contribution in [0.4, 0.5) is 0 Å². The second-order valence-electron chi connectivity index (χ2n) is 13.7. The maximum atomic E-state index is 13.1. The summed E-state index contributed by atoms with van der Waals surface area (Å²) >= 11 is 0. The molecule has 0 aliphatic carbocycles. The number of carboxylic acids is 1. The van der Waals surface area contributed by atoms with E-state index < -0.39 is 147 Å². The van der Waals surface area contributed by atoms with E-state index in [2.05, 4.69) is 0 Å². The van der Waals surface area contributed by atoms with E-state index in [-0.39, 0.29) is 28.0 Å². The van der Waals surface area contributed by atoms with Crippen LogP contribution in [0.3, 0.4) is 0 Å². The number of rotatable bonds is 13. The number of aromatic hydroxyl groups is 3. The van der Waals surface area contributed by atoms with E-state index in [0.717, 1.165) is 30.3 Å². The minimum absolute atomic E-state index is 0.130. The van der Waals surface area contributed by atoms with E-state index in [1.807, 2.05) is 0 Å². The van der Waals surface area contributed by atoms with Gasteiger partial charge in [0.2, 0.25) is 6.29 Å². The van der Waals surface area contributed by atoms with Gasteiger partial charge in [0.1, 0.15) is 95.7 Å². The van der Waals surface area contributed by atoms with Crippen molar-refractivity contribution in [3.05, 3.63) is 46.6 Å². The third kappa shape index (κ3) is 8.67. The van der Waals surface area contributed by atoms with Crippen molar-refractivity contribution in [2.45, 2.75) is 85.8 Å². The quantitative estimate of drug-likeness (QED) is 0.0445. The lowest BCUT2D eigenvalue weighted by atomic mass is 9.96. The van der Waals surface area contributed by atoms with Crippen molar-refractivity contribution in [3.63, 3.8) is 0 Å². The zero-order valence-corrected chi connectivity index (χ0v) is 29.8. The van der Waals surface area contributed by atoms with Gasteiger partial charge in [0.05, 0.1) is 19.8 Å². The Morgan fingerprint density at radius 1 is 0.793 bits per heavy atom. The van der Waals surface area contributed by atoms with Gasteiger partial charge in [0.25, 0.3) is 0 Å². The lowest BCUT2D eigenvalue weighted by Crippen LogP contribution is -2.66. The maximum absolute atomic E-state index is 13.1. The number of phenols is 3. The summed E-state index contributed by atoms with van der Waals surface area (Å²) in [5.74, 6) is -5.03. The molecule has 6 rings (SSSR count). The van der Waals surface area contributed by atoms with Crippen LogP contribution in [-0.4, -0.2) is 179 Å². The summed E-state index contributed by atoms with van der Waals surface area (Å²) in [4.78, 5) is 36.5. The Kier molecular flexibility index (Phi) is 12.7. The first-order chi connectivity index (χ1) is 27.4. The number of fused-ring (bicyclic) bond motifs is 1. The van der Waals surface area contributed by atoms with E-state index in [4.69, 9.17) is 42.7 Å². The number of ether oxygens (including phenoxy) is 7. The molecule has 0 radical (unpaired) electrons. The number of carbonyl (C=O) groups is 2. The van der Waals surface area contributed by atoms with Crippen LogP contribution in [-0.2, 0) is 38.0 Å². The Hall–Kier alpha value is -4.73. The Bertz CT molecular complexity index is 2020. The van der Waals surface area contributed by atoms with Gasteiger partial charge < -0.3 is 98.9 Å². The van der Waals surface area contributed by atoms with Gasteiger partial charge in [-0.05, 0) is 18.2 Å². The van der Waals surface area contributed by atoms with E-state index in [1.165, 1.54) is 6.07 Å². The second kappa shape index (κ2) is 17.2. The molecule has 0 spiro atoms. The molecular formula is C35H40O23. The molecule has 5 unspecified atom stereocenters. The summed E-state index contributed by atoms with van der Waals surface area (Å²) in [7, 11) is 0. The number of aliphatic hydroxyl groups excluding tert-OH is 7.